The van der Waals surface area contributed by atoms with Gasteiger partial charge in [-0.15, -0.1) is 0 Å². The molecule has 3 N–H and O–H groups in total. The number of likely N-dealkylation sites (N-methyl/N-ethyl adjacent to an activating group) is 1. The number of oxime groups is 1. The van der Waals surface area contributed by atoms with Crippen LogP contribution in [0.5, 0.6) is 0 Å². The number of hydrogen-bond donors (Lipinski definition) is 2. The van der Waals surface area contributed by atoms with Crippen LogP contribution in [0.25, 0.3) is 0 Å². The molecule has 0 aromatic heterocycles. The van der Waals surface area contributed by atoms with Crippen LogP contribution in [-0.4, -0.2) is 48.2 Å². The van der Waals surface area contributed by atoms with Crippen molar-refractivity contribution in [1.29, 1.82) is 0 Å². The molecule has 6 heteroatoms. The fourth-order valence-corrected chi connectivity index (χ4v) is 1.56. The summed E-state index contributed by atoms with van der Waals surface area (Å²) in [5.74, 6) is -0.0119. The van der Waals surface area contributed by atoms with Gasteiger partial charge >= 0.3 is 0 Å². The molecule has 1 heterocycles. The fourth-order valence-electron chi connectivity index (χ4n) is 1.56. The van der Waals surface area contributed by atoms with Gasteiger partial charge in [-0.1, -0.05) is 5.16 Å². The lowest BCUT2D eigenvalue weighted by Gasteiger charge is -2.22. The minimum atomic E-state index is -0.0727. The largest absolute Gasteiger partial charge is 0.409 e. The molecule has 0 aromatic rings. The van der Waals surface area contributed by atoms with Gasteiger partial charge in [-0.25, -0.2) is 0 Å². The van der Waals surface area contributed by atoms with Gasteiger partial charge in [0.05, 0.1) is 19.1 Å². The molecule has 0 radical (unpaired) electrons. The molecular weight excluding hydrogens is 198 g/mol. The summed E-state index contributed by atoms with van der Waals surface area (Å²) < 4.78 is 5.15. The van der Waals surface area contributed by atoms with Gasteiger partial charge in [0.2, 0.25) is 5.91 Å². The number of rotatable bonds is 4. The molecule has 1 rings (SSSR count). The lowest BCUT2D eigenvalue weighted by atomic mass is 10.1. The number of ether oxygens (including phenoxy) is 1. The summed E-state index contributed by atoms with van der Waals surface area (Å²) >= 11 is 0. The van der Waals surface area contributed by atoms with Crippen molar-refractivity contribution >= 4 is 11.7 Å². The molecule has 6 nitrogen and oxygen atoms in total. The van der Waals surface area contributed by atoms with Gasteiger partial charge < -0.3 is 20.6 Å². The van der Waals surface area contributed by atoms with Crippen molar-refractivity contribution in [2.45, 2.75) is 13.3 Å². The standard InChI is InChI=1S/C9H17N3O3/c1-2-12(5-8(10)11-14)9(13)7-3-4-15-6-7/h7,14H,2-6H2,1H3,(H2,10,11). The molecule has 0 aromatic carbocycles. The van der Waals surface area contributed by atoms with Gasteiger partial charge in [0.1, 0.15) is 0 Å². The zero-order valence-corrected chi connectivity index (χ0v) is 8.85. The molecule has 15 heavy (non-hydrogen) atoms. The lowest BCUT2D eigenvalue weighted by molar-refractivity contribution is -0.134. The van der Waals surface area contributed by atoms with E-state index in [1.807, 2.05) is 6.92 Å². The Morgan fingerprint density at radius 1 is 1.73 bits per heavy atom. The van der Waals surface area contributed by atoms with Gasteiger partial charge in [0, 0.05) is 13.2 Å². The topological polar surface area (TPSA) is 88.1 Å². The number of nitrogens with zero attached hydrogens (tertiary/aromatic N) is 2. The third-order valence-corrected chi connectivity index (χ3v) is 2.45. The van der Waals surface area contributed by atoms with Crippen LogP contribution in [0.1, 0.15) is 13.3 Å². The van der Waals surface area contributed by atoms with Crippen LogP contribution in [0.2, 0.25) is 0 Å². The van der Waals surface area contributed by atoms with E-state index in [2.05, 4.69) is 5.16 Å². The minimum absolute atomic E-state index is 0.0154. The van der Waals surface area contributed by atoms with Crippen molar-refractivity contribution in [3.8, 4) is 0 Å². The Morgan fingerprint density at radius 2 is 2.47 bits per heavy atom. The molecule has 0 bridgehead atoms. The molecule has 1 unspecified atom stereocenters. The number of carbonyl (C=O) groups excluding carboxylic acids is 1. The van der Waals surface area contributed by atoms with E-state index in [4.69, 9.17) is 15.7 Å². The van der Waals surface area contributed by atoms with E-state index >= 15 is 0 Å². The highest BCUT2D eigenvalue weighted by molar-refractivity contribution is 5.87. The summed E-state index contributed by atoms with van der Waals surface area (Å²) in [7, 11) is 0. The van der Waals surface area contributed by atoms with Crippen LogP contribution in [0, 0.1) is 5.92 Å². The molecule has 1 saturated heterocycles. The monoisotopic (exact) mass is 215 g/mol. The molecular formula is C9H17N3O3. The fraction of sp³-hybridized carbons (Fsp3) is 0.778. The van der Waals surface area contributed by atoms with Crippen molar-refractivity contribution < 1.29 is 14.7 Å². The first-order valence-corrected chi connectivity index (χ1v) is 5.02. The summed E-state index contributed by atoms with van der Waals surface area (Å²) in [5.41, 5.74) is 5.36. The summed E-state index contributed by atoms with van der Waals surface area (Å²) in [6.45, 7) is 3.69. The number of amides is 1. The average Bonchev–Trinajstić information content (AvgIpc) is 2.77. The first kappa shape index (κ1) is 11.8. The van der Waals surface area contributed by atoms with Crippen molar-refractivity contribution in [3.05, 3.63) is 0 Å². The van der Waals surface area contributed by atoms with Crippen LogP contribution in [0.4, 0.5) is 0 Å². The molecule has 1 aliphatic heterocycles. The Kier molecular flexibility index (Phi) is 4.36. The lowest BCUT2D eigenvalue weighted by Crippen LogP contribution is -2.41. The maximum Gasteiger partial charge on any atom is 0.228 e. The molecule has 0 saturated carbocycles. The third-order valence-electron chi connectivity index (χ3n) is 2.45. The van der Waals surface area contributed by atoms with Crippen LogP contribution < -0.4 is 5.73 Å². The van der Waals surface area contributed by atoms with E-state index in [0.717, 1.165) is 6.42 Å². The predicted molar refractivity (Wildman–Crippen MR) is 54.6 cm³/mol. The first-order chi connectivity index (χ1) is 7.19. The predicted octanol–water partition coefficient (Wildman–Crippen LogP) is -0.382. The summed E-state index contributed by atoms with van der Waals surface area (Å²) in [4.78, 5) is 13.4. The molecule has 0 spiro atoms. The third kappa shape index (κ3) is 3.09. The molecule has 0 aliphatic carbocycles. The van der Waals surface area contributed by atoms with Crippen LogP contribution >= 0.6 is 0 Å². The van der Waals surface area contributed by atoms with Crippen LogP contribution in [0.3, 0.4) is 0 Å². The number of carbonyl (C=O) groups is 1. The normalized spacial score (nSPS) is 21.7. The Bertz CT molecular complexity index is 249. The van der Waals surface area contributed by atoms with Crippen molar-refractivity contribution in [3.63, 3.8) is 0 Å². The van der Waals surface area contributed by atoms with E-state index in [1.54, 1.807) is 4.90 Å². The molecule has 86 valence electrons. The highest BCUT2D eigenvalue weighted by atomic mass is 16.5. The molecule has 1 aliphatic rings. The number of hydrogen-bond acceptors (Lipinski definition) is 4. The first-order valence-electron chi connectivity index (χ1n) is 5.02. The van der Waals surface area contributed by atoms with Crippen LogP contribution in [0.15, 0.2) is 5.16 Å². The second-order valence-corrected chi connectivity index (χ2v) is 3.50. The Hall–Kier alpha value is -1.30. The quantitative estimate of drug-likeness (QED) is 0.289. The number of amidine groups is 1. The Balaban J connectivity index is 2.53. The van der Waals surface area contributed by atoms with E-state index in [9.17, 15) is 4.79 Å². The zero-order valence-electron chi connectivity index (χ0n) is 8.85. The maximum absolute atomic E-state index is 11.9. The van der Waals surface area contributed by atoms with Gasteiger partial charge in [0.25, 0.3) is 0 Å². The van der Waals surface area contributed by atoms with E-state index in [-0.39, 0.29) is 24.2 Å². The highest BCUT2D eigenvalue weighted by Crippen LogP contribution is 2.15. The summed E-state index contributed by atoms with van der Waals surface area (Å²) in [6, 6.07) is 0. The Labute approximate surface area is 88.7 Å². The van der Waals surface area contributed by atoms with E-state index < -0.39 is 0 Å². The van der Waals surface area contributed by atoms with Crippen molar-refractivity contribution in [1.82, 2.24) is 4.90 Å². The van der Waals surface area contributed by atoms with Crippen molar-refractivity contribution in [2.75, 3.05) is 26.3 Å². The Morgan fingerprint density at radius 3 is 2.93 bits per heavy atom. The smallest absolute Gasteiger partial charge is 0.228 e. The molecule has 1 amide bonds. The molecule has 1 fully saturated rings. The molecule has 1 atom stereocenters. The zero-order chi connectivity index (χ0) is 11.3. The van der Waals surface area contributed by atoms with Gasteiger partial charge in [-0.2, -0.15) is 0 Å². The average molecular weight is 215 g/mol. The van der Waals surface area contributed by atoms with Gasteiger partial charge in [-0.05, 0) is 13.3 Å². The van der Waals surface area contributed by atoms with E-state index in [0.29, 0.717) is 19.8 Å². The summed E-state index contributed by atoms with van der Waals surface area (Å²) in [6.07, 6.45) is 0.755. The van der Waals surface area contributed by atoms with Crippen molar-refractivity contribution in [2.24, 2.45) is 16.8 Å². The maximum atomic E-state index is 11.9. The number of nitrogens with two attached hydrogens (primary N) is 1. The SMILES string of the molecule is CCN(CC(N)=NO)C(=O)C1CCOC1. The second kappa shape index (κ2) is 5.55. The van der Waals surface area contributed by atoms with Gasteiger partial charge in [-0.3, -0.25) is 4.79 Å². The minimum Gasteiger partial charge on any atom is -0.409 e. The second-order valence-electron chi connectivity index (χ2n) is 3.50. The summed E-state index contributed by atoms with van der Waals surface area (Å²) in [5, 5.41) is 11.3. The van der Waals surface area contributed by atoms with Crippen LogP contribution in [-0.2, 0) is 9.53 Å². The van der Waals surface area contributed by atoms with Gasteiger partial charge in [0.15, 0.2) is 5.84 Å². The van der Waals surface area contributed by atoms with E-state index in [1.165, 1.54) is 0 Å². The highest BCUT2D eigenvalue weighted by Gasteiger charge is 2.27.